The highest BCUT2D eigenvalue weighted by molar-refractivity contribution is 5.94. The second-order valence-electron chi connectivity index (χ2n) is 5.21. The first-order valence-corrected chi connectivity index (χ1v) is 6.88. The minimum atomic E-state index is -0.565. The normalized spacial score (nSPS) is 17.3. The van der Waals surface area contributed by atoms with Gasteiger partial charge in [-0.05, 0) is 25.0 Å². The van der Waals surface area contributed by atoms with Crippen molar-refractivity contribution in [3.05, 3.63) is 52.9 Å². The summed E-state index contributed by atoms with van der Waals surface area (Å²) in [6, 6.07) is 4.13. The van der Waals surface area contributed by atoms with Crippen molar-refractivity contribution in [2.24, 2.45) is 0 Å². The van der Waals surface area contributed by atoms with E-state index in [0.717, 1.165) is 30.3 Å². The Morgan fingerprint density at radius 1 is 1.52 bits per heavy atom. The van der Waals surface area contributed by atoms with Crippen LogP contribution in [-0.4, -0.2) is 27.0 Å². The van der Waals surface area contributed by atoms with Crippen LogP contribution < -0.4 is 5.32 Å². The maximum Gasteiger partial charge on any atom is 0.251 e. The molecule has 5 nitrogen and oxygen atoms in total. The van der Waals surface area contributed by atoms with E-state index < -0.39 is 5.82 Å². The number of aliphatic hydroxyl groups is 1. The predicted octanol–water partition coefficient (Wildman–Crippen LogP) is 1.33. The number of amides is 1. The molecule has 1 aliphatic rings. The Hall–Kier alpha value is -2.21. The van der Waals surface area contributed by atoms with Gasteiger partial charge in [0.15, 0.2) is 0 Å². The number of benzene rings is 1. The van der Waals surface area contributed by atoms with Crippen LogP contribution >= 0.6 is 0 Å². The molecule has 3 N–H and O–H groups in total. The number of nitrogens with one attached hydrogen (secondary N) is 2. The zero-order valence-corrected chi connectivity index (χ0v) is 11.4. The summed E-state index contributed by atoms with van der Waals surface area (Å²) in [4.78, 5) is 19.4. The lowest BCUT2D eigenvalue weighted by Gasteiger charge is -2.22. The van der Waals surface area contributed by atoms with Crippen LogP contribution in [-0.2, 0) is 19.4 Å². The highest BCUT2D eigenvalue weighted by Gasteiger charge is 2.22. The summed E-state index contributed by atoms with van der Waals surface area (Å²) in [5.74, 6) is -0.865. The van der Waals surface area contributed by atoms with Crippen LogP contribution in [0.4, 0.5) is 4.39 Å². The van der Waals surface area contributed by atoms with Crippen LogP contribution in [0.5, 0.6) is 0 Å². The monoisotopic (exact) mass is 289 g/mol. The third kappa shape index (κ3) is 2.80. The molecule has 1 aromatic carbocycles. The summed E-state index contributed by atoms with van der Waals surface area (Å²) in [5, 5.41) is 11.8. The topological polar surface area (TPSA) is 78.0 Å². The quantitative estimate of drug-likeness (QED) is 0.797. The molecule has 1 heterocycles. The third-order valence-corrected chi connectivity index (χ3v) is 3.81. The zero-order chi connectivity index (χ0) is 14.8. The molecule has 0 saturated heterocycles. The number of hydrogen-bond acceptors (Lipinski definition) is 3. The molecule has 1 aromatic heterocycles. The smallest absolute Gasteiger partial charge is 0.251 e. The lowest BCUT2D eigenvalue weighted by molar-refractivity contribution is 0.0932. The Kier molecular flexibility index (Phi) is 3.70. The Labute approximate surface area is 121 Å². The van der Waals surface area contributed by atoms with Crippen molar-refractivity contribution in [2.45, 2.75) is 31.9 Å². The second kappa shape index (κ2) is 5.65. The molecular weight excluding hydrogens is 273 g/mol. The predicted molar refractivity (Wildman–Crippen MR) is 74.2 cm³/mol. The number of carbonyl (C=O) groups is 1. The van der Waals surface area contributed by atoms with Gasteiger partial charge in [-0.2, -0.15) is 0 Å². The number of H-pyrrole nitrogens is 1. The number of carbonyl (C=O) groups excluding carboxylic acids is 1. The van der Waals surface area contributed by atoms with Gasteiger partial charge in [-0.3, -0.25) is 4.79 Å². The molecule has 0 bridgehead atoms. The molecule has 6 heteroatoms. The lowest BCUT2D eigenvalue weighted by atomic mass is 9.96. The van der Waals surface area contributed by atoms with Gasteiger partial charge >= 0.3 is 0 Å². The number of nitrogens with zero attached hydrogens (tertiary/aromatic N) is 1. The molecule has 2 aromatic rings. The average Bonchev–Trinajstić information content (AvgIpc) is 2.94. The van der Waals surface area contributed by atoms with Crippen LogP contribution in [0.15, 0.2) is 24.5 Å². The number of rotatable bonds is 3. The number of fused-ring (bicyclic) bond motifs is 1. The van der Waals surface area contributed by atoms with E-state index in [-0.39, 0.29) is 29.7 Å². The fourth-order valence-corrected chi connectivity index (χ4v) is 2.61. The molecule has 0 radical (unpaired) electrons. The molecular formula is C15H16FN3O2. The van der Waals surface area contributed by atoms with E-state index in [1.807, 2.05) is 0 Å². The Balaban J connectivity index is 1.68. The fourth-order valence-electron chi connectivity index (χ4n) is 2.61. The molecule has 1 amide bonds. The molecule has 0 spiro atoms. The van der Waals surface area contributed by atoms with E-state index in [9.17, 15) is 9.18 Å². The molecule has 0 fully saturated rings. The second-order valence-corrected chi connectivity index (χ2v) is 5.21. The van der Waals surface area contributed by atoms with Gasteiger partial charge in [0.1, 0.15) is 5.82 Å². The number of aryl methyl sites for hydroxylation is 1. The van der Waals surface area contributed by atoms with Crippen LogP contribution in [0.2, 0.25) is 0 Å². The van der Waals surface area contributed by atoms with E-state index >= 15 is 0 Å². The van der Waals surface area contributed by atoms with Gasteiger partial charge in [-0.15, -0.1) is 0 Å². The summed E-state index contributed by atoms with van der Waals surface area (Å²) in [5.41, 5.74) is 2.55. The van der Waals surface area contributed by atoms with Crippen molar-refractivity contribution in [3.8, 4) is 0 Å². The number of imidazole rings is 1. The number of hydrogen-bond donors (Lipinski definition) is 3. The van der Waals surface area contributed by atoms with E-state index in [1.54, 1.807) is 6.33 Å². The minimum Gasteiger partial charge on any atom is -0.392 e. The standard InChI is InChI=1S/C15H16FN3O2/c16-12-5-9(1-2-10(12)7-20)15(21)19-11-3-4-13-14(6-11)18-8-17-13/h1-2,5,8,11,20H,3-4,6-7H2,(H,17,18)(H,19,21). The molecule has 21 heavy (non-hydrogen) atoms. The van der Waals surface area contributed by atoms with E-state index in [1.165, 1.54) is 12.1 Å². The molecule has 1 atom stereocenters. The van der Waals surface area contributed by atoms with Crippen LogP contribution in [0.3, 0.4) is 0 Å². The minimum absolute atomic E-state index is 0.0195. The van der Waals surface area contributed by atoms with E-state index in [4.69, 9.17) is 5.11 Å². The number of aliphatic hydroxyl groups excluding tert-OH is 1. The van der Waals surface area contributed by atoms with Crippen molar-refractivity contribution in [1.29, 1.82) is 0 Å². The molecule has 1 aliphatic carbocycles. The van der Waals surface area contributed by atoms with Gasteiger partial charge in [-0.1, -0.05) is 6.07 Å². The summed E-state index contributed by atoms with van der Waals surface area (Å²) < 4.78 is 13.6. The zero-order valence-electron chi connectivity index (χ0n) is 11.4. The molecule has 1 unspecified atom stereocenters. The first-order chi connectivity index (χ1) is 10.2. The SMILES string of the molecule is O=C(NC1CCc2nc[nH]c2C1)c1ccc(CO)c(F)c1. The van der Waals surface area contributed by atoms with Crippen molar-refractivity contribution >= 4 is 5.91 Å². The van der Waals surface area contributed by atoms with Crippen LogP contribution in [0.25, 0.3) is 0 Å². The highest BCUT2D eigenvalue weighted by Crippen LogP contribution is 2.18. The third-order valence-electron chi connectivity index (χ3n) is 3.81. The van der Waals surface area contributed by atoms with Crippen molar-refractivity contribution in [2.75, 3.05) is 0 Å². The summed E-state index contributed by atoms with van der Waals surface area (Å²) in [7, 11) is 0. The van der Waals surface area contributed by atoms with Crippen molar-refractivity contribution < 1.29 is 14.3 Å². The van der Waals surface area contributed by atoms with Crippen molar-refractivity contribution in [1.82, 2.24) is 15.3 Å². The van der Waals surface area contributed by atoms with Gasteiger partial charge in [-0.25, -0.2) is 9.37 Å². The van der Waals surface area contributed by atoms with Crippen LogP contribution in [0, 0.1) is 5.82 Å². The first-order valence-electron chi connectivity index (χ1n) is 6.88. The van der Waals surface area contributed by atoms with E-state index in [0.29, 0.717) is 6.42 Å². The fraction of sp³-hybridized carbons (Fsp3) is 0.333. The molecule has 0 saturated carbocycles. The molecule has 0 aliphatic heterocycles. The number of aromatic nitrogens is 2. The largest absolute Gasteiger partial charge is 0.392 e. The maximum atomic E-state index is 13.6. The molecule has 3 rings (SSSR count). The van der Waals surface area contributed by atoms with Crippen molar-refractivity contribution in [3.63, 3.8) is 0 Å². The van der Waals surface area contributed by atoms with E-state index in [2.05, 4.69) is 15.3 Å². The van der Waals surface area contributed by atoms with Gasteiger partial charge in [0.05, 0.1) is 18.6 Å². The van der Waals surface area contributed by atoms with Crippen LogP contribution in [0.1, 0.15) is 33.7 Å². The summed E-state index contributed by atoms with van der Waals surface area (Å²) in [6.45, 7) is -0.376. The number of halogens is 1. The van der Waals surface area contributed by atoms with Gasteiger partial charge in [0.2, 0.25) is 0 Å². The number of aromatic amines is 1. The summed E-state index contributed by atoms with van der Waals surface area (Å²) in [6.07, 6.45) is 4.01. The maximum absolute atomic E-state index is 13.6. The van der Waals surface area contributed by atoms with Gasteiger partial charge in [0.25, 0.3) is 5.91 Å². The summed E-state index contributed by atoms with van der Waals surface area (Å²) >= 11 is 0. The Bertz CT molecular complexity index is 669. The van der Waals surface area contributed by atoms with Gasteiger partial charge < -0.3 is 15.4 Å². The van der Waals surface area contributed by atoms with Gasteiger partial charge in [0, 0.05) is 29.3 Å². The Morgan fingerprint density at radius 2 is 2.38 bits per heavy atom. The Morgan fingerprint density at radius 3 is 3.14 bits per heavy atom. The average molecular weight is 289 g/mol. The lowest BCUT2D eigenvalue weighted by Crippen LogP contribution is -2.39. The first kappa shape index (κ1) is 13.8. The highest BCUT2D eigenvalue weighted by atomic mass is 19.1. The molecule has 110 valence electrons.